The van der Waals surface area contributed by atoms with Crippen LogP contribution >= 0.6 is 0 Å². The maximum atomic E-state index is 12.0. The molecule has 0 fully saturated rings. The Bertz CT molecular complexity index is 412. The molecule has 0 aliphatic carbocycles. The average Bonchev–Trinajstić information content (AvgIpc) is 2.28. The lowest BCUT2D eigenvalue weighted by atomic mass is 9.98. The number of nitrogens with one attached hydrogen (secondary N) is 1. The first-order valence-electron chi connectivity index (χ1n) is 5.74. The van der Waals surface area contributed by atoms with E-state index in [2.05, 4.69) is 5.32 Å². The number of nitrogens with two attached hydrogens (primary N) is 1. The fourth-order valence-corrected chi connectivity index (χ4v) is 1.46. The van der Waals surface area contributed by atoms with Gasteiger partial charge in [-0.05, 0) is 38.0 Å². The number of phenols is 1. The van der Waals surface area contributed by atoms with Gasteiger partial charge in [-0.2, -0.15) is 0 Å². The first-order valence-corrected chi connectivity index (χ1v) is 5.74. The molecule has 1 unspecified atom stereocenters. The van der Waals surface area contributed by atoms with Gasteiger partial charge in [0.15, 0.2) is 0 Å². The summed E-state index contributed by atoms with van der Waals surface area (Å²) in [6.07, 6.45) is 0.738. The van der Waals surface area contributed by atoms with Crippen molar-refractivity contribution in [2.24, 2.45) is 5.73 Å². The highest BCUT2D eigenvalue weighted by Crippen LogP contribution is 2.19. The Labute approximate surface area is 102 Å². The van der Waals surface area contributed by atoms with Crippen LogP contribution in [0, 0.1) is 6.92 Å². The van der Waals surface area contributed by atoms with Crippen molar-refractivity contribution >= 4 is 5.91 Å². The molecule has 1 aromatic rings. The van der Waals surface area contributed by atoms with Crippen LogP contribution < -0.4 is 11.1 Å². The number of carbonyl (C=O) groups excluding carboxylic acids is 1. The van der Waals surface area contributed by atoms with Gasteiger partial charge in [0.2, 0.25) is 0 Å². The summed E-state index contributed by atoms with van der Waals surface area (Å²) in [4.78, 5) is 12.0. The van der Waals surface area contributed by atoms with E-state index in [4.69, 9.17) is 5.73 Å². The Balaban J connectivity index is 2.90. The van der Waals surface area contributed by atoms with Gasteiger partial charge in [0.25, 0.3) is 5.91 Å². The summed E-state index contributed by atoms with van der Waals surface area (Å²) in [6, 6.07) is 4.98. The molecule has 0 bridgehead atoms. The van der Waals surface area contributed by atoms with E-state index in [9.17, 15) is 9.90 Å². The quantitative estimate of drug-likeness (QED) is 0.742. The van der Waals surface area contributed by atoms with Crippen molar-refractivity contribution in [3.63, 3.8) is 0 Å². The second kappa shape index (κ2) is 5.19. The largest absolute Gasteiger partial charge is 0.507 e. The lowest BCUT2D eigenvalue weighted by molar-refractivity contribution is 0.0904. The molecule has 0 aliphatic rings. The molecule has 1 atom stereocenters. The minimum Gasteiger partial charge on any atom is -0.507 e. The maximum Gasteiger partial charge on any atom is 0.255 e. The molecular weight excluding hydrogens is 216 g/mol. The van der Waals surface area contributed by atoms with Crippen LogP contribution in [0.1, 0.15) is 36.2 Å². The number of phenolic OH excluding ortho intramolecular Hbond substituents is 1. The second-order valence-corrected chi connectivity index (χ2v) is 4.59. The molecule has 1 amide bonds. The van der Waals surface area contributed by atoms with E-state index in [1.165, 1.54) is 0 Å². The Kier molecular flexibility index (Phi) is 4.12. The molecule has 0 spiro atoms. The van der Waals surface area contributed by atoms with Crippen molar-refractivity contribution in [3.8, 4) is 5.75 Å². The van der Waals surface area contributed by atoms with E-state index in [1.54, 1.807) is 18.2 Å². The summed E-state index contributed by atoms with van der Waals surface area (Å²) in [6.45, 7) is 6.07. The summed E-state index contributed by atoms with van der Waals surface area (Å²) in [5, 5.41) is 12.6. The van der Waals surface area contributed by atoms with Gasteiger partial charge in [-0.15, -0.1) is 0 Å². The van der Waals surface area contributed by atoms with Crippen molar-refractivity contribution < 1.29 is 9.90 Å². The summed E-state index contributed by atoms with van der Waals surface area (Å²) in [5.41, 5.74) is 6.39. The third kappa shape index (κ3) is 3.20. The topological polar surface area (TPSA) is 75.3 Å². The highest BCUT2D eigenvalue weighted by atomic mass is 16.3. The van der Waals surface area contributed by atoms with Gasteiger partial charge in [0.05, 0.1) is 5.56 Å². The van der Waals surface area contributed by atoms with Crippen LogP contribution in [-0.2, 0) is 0 Å². The molecular formula is C13H20N2O2. The molecule has 4 nitrogen and oxygen atoms in total. The van der Waals surface area contributed by atoms with E-state index in [0.29, 0.717) is 6.54 Å². The van der Waals surface area contributed by atoms with Crippen LogP contribution in [-0.4, -0.2) is 23.1 Å². The molecule has 0 saturated carbocycles. The van der Waals surface area contributed by atoms with Crippen molar-refractivity contribution in [1.29, 1.82) is 0 Å². The molecule has 4 heteroatoms. The summed E-state index contributed by atoms with van der Waals surface area (Å²) >= 11 is 0. The number of aromatic hydroxyl groups is 1. The predicted molar refractivity (Wildman–Crippen MR) is 68.1 cm³/mol. The predicted octanol–water partition coefficient (Wildman–Crippen LogP) is 1.56. The van der Waals surface area contributed by atoms with Crippen molar-refractivity contribution in [2.45, 2.75) is 32.7 Å². The van der Waals surface area contributed by atoms with Crippen LogP contribution in [0.3, 0.4) is 0 Å². The van der Waals surface area contributed by atoms with E-state index in [0.717, 1.165) is 12.0 Å². The highest BCUT2D eigenvalue weighted by Gasteiger charge is 2.24. The molecule has 0 heterocycles. The van der Waals surface area contributed by atoms with Gasteiger partial charge in [-0.3, -0.25) is 4.79 Å². The molecule has 0 aromatic heterocycles. The number of aryl methyl sites for hydroxylation is 1. The first kappa shape index (κ1) is 13.5. The van der Waals surface area contributed by atoms with Gasteiger partial charge in [0.1, 0.15) is 5.75 Å². The Morgan fingerprint density at radius 1 is 1.53 bits per heavy atom. The van der Waals surface area contributed by atoms with E-state index in [-0.39, 0.29) is 17.2 Å². The lowest BCUT2D eigenvalue weighted by Gasteiger charge is -2.28. The van der Waals surface area contributed by atoms with Gasteiger partial charge in [-0.25, -0.2) is 0 Å². The molecule has 1 aromatic carbocycles. The number of hydrogen-bond donors (Lipinski definition) is 3. The van der Waals surface area contributed by atoms with Crippen molar-refractivity contribution in [3.05, 3.63) is 29.3 Å². The van der Waals surface area contributed by atoms with Crippen LogP contribution in [0.5, 0.6) is 5.75 Å². The zero-order valence-electron chi connectivity index (χ0n) is 10.6. The first-order chi connectivity index (χ1) is 7.91. The van der Waals surface area contributed by atoms with Crippen LogP contribution in [0.2, 0.25) is 0 Å². The zero-order chi connectivity index (χ0) is 13.1. The number of amides is 1. The highest BCUT2D eigenvalue weighted by molar-refractivity contribution is 5.97. The molecule has 0 saturated heterocycles. The molecule has 1 rings (SSSR count). The fraction of sp³-hybridized carbons (Fsp3) is 0.462. The molecule has 4 N–H and O–H groups in total. The van der Waals surface area contributed by atoms with E-state index >= 15 is 0 Å². The lowest BCUT2D eigenvalue weighted by Crippen LogP contribution is -2.50. The standard InChI is InChI=1S/C13H20N2O2/c1-4-13(3,8-14)15-12(17)10-6-5-9(2)7-11(10)16/h5-7,16H,4,8,14H2,1-3H3,(H,15,17). The summed E-state index contributed by atoms with van der Waals surface area (Å²) in [5.74, 6) is -0.296. The number of carbonyl (C=O) groups is 1. The Morgan fingerprint density at radius 2 is 2.18 bits per heavy atom. The Hall–Kier alpha value is -1.55. The fourth-order valence-electron chi connectivity index (χ4n) is 1.46. The summed E-state index contributed by atoms with van der Waals surface area (Å²) < 4.78 is 0. The van der Waals surface area contributed by atoms with Gasteiger partial charge in [-0.1, -0.05) is 13.0 Å². The SMILES string of the molecule is CCC(C)(CN)NC(=O)c1ccc(C)cc1O. The average molecular weight is 236 g/mol. The van der Waals surface area contributed by atoms with Gasteiger partial charge in [0, 0.05) is 12.1 Å². The number of benzene rings is 1. The normalized spacial score (nSPS) is 14.1. The maximum absolute atomic E-state index is 12.0. The van der Waals surface area contributed by atoms with Crippen molar-refractivity contribution in [2.75, 3.05) is 6.54 Å². The van der Waals surface area contributed by atoms with Crippen LogP contribution in [0.15, 0.2) is 18.2 Å². The third-order valence-electron chi connectivity index (χ3n) is 3.04. The van der Waals surface area contributed by atoms with Gasteiger partial charge >= 0.3 is 0 Å². The number of rotatable bonds is 4. The molecule has 0 radical (unpaired) electrons. The molecule has 94 valence electrons. The van der Waals surface area contributed by atoms with E-state index < -0.39 is 5.54 Å². The third-order valence-corrected chi connectivity index (χ3v) is 3.04. The second-order valence-electron chi connectivity index (χ2n) is 4.59. The number of hydrogen-bond acceptors (Lipinski definition) is 3. The molecule has 17 heavy (non-hydrogen) atoms. The van der Waals surface area contributed by atoms with E-state index in [1.807, 2.05) is 20.8 Å². The zero-order valence-corrected chi connectivity index (χ0v) is 10.6. The Morgan fingerprint density at radius 3 is 2.65 bits per heavy atom. The monoisotopic (exact) mass is 236 g/mol. The minimum absolute atomic E-state index is 0.00188. The smallest absolute Gasteiger partial charge is 0.255 e. The van der Waals surface area contributed by atoms with Crippen LogP contribution in [0.25, 0.3) is 0 Å². The van der Waals surface area contributed by atoms with Crippen molar-refractivity contribution in [1.82, 2.24) is 5.32 Å². The molecule has 0 aliphatic heterocycles. The summed E-state index contributed by atoms with van der Waals surface area (Å²) in [7, 11) is 0. The van der Waals surface area contributed by atoms with Crippen LogP contribution in [0.4, 0.5) is 0 Å². The van der Waals surface area contributed by atoms with Gasteiger partial charge < -0.3 is 16.2 Å². The minimum atomic E-state index is -0.436.